The monoisotopic (exact) mass is 331 g/mol. The summed E-state index contributed by atoms with van der Waals surface area (Å²) in [5.41, 5.74) is 5.66. The van der Waals surface area contributed by atoms with Crippen LogP contribution in [0.5, 0.6) is 0 Å². The third kappa shape index (κ3) is 2.18. The average molecular weight is 332 g/mol. The van der Waals surface area contributed by atoms with Crippen molar-refractivity contribution in [3.05, 3.63) is 17.3 Å². The minimum Gasteiger partial charge on any atom is -0.481 e. The maximum absolute atomic E-state index is 12.8. The van der Waals surface area contributed by atoms with Gasteiger partial charge in [0.1, 0.15) is 10.7 Å². The lowest BCUT2D eigenvalue weighted by Gasteiger charge is -2.23. The second-order valence-electron chi connectivity index (χ2n) is 5.35. The van der Waals surface area contributed by atoms with Crippen LogP contribution in [0.4, 0.5) is 5.82 Å². The third-order valence-electron chi connectivity index (χ3n) is 4.19. The van der Waals surface area contributed by atoms with Gasteiger partial charge >= 0.3 is 5.97 Å². The molecule has 1 aromatic rings. The highest BCUT2D eigenvalue weighted by Gasteiger charge is 2.54. The molecule has 0 aromatic carbocycles. The van der Waals surface area contributed by atoms with Crippen LogP contribution >= 0.6 is 11.6 Å². The molecule has 0 aliphatic carbocycles. The number of nitrogen functional groups attached to an aromatic ring is 1. The van der Waals surface area contributed by atoms with Gasteiger partial charge in [0, 0.05) is 18.3 Å². The van der Waals surface area contributed by atoms with E-state index < -0.39 is 28.0 Å². The molecule has 7 nitrogen and oxygen atoms in total. The lowest BCUT2D eigenvalue weighted by molar-refractivity contribution is -0.142. The van der Waals surface area contributed by atoms with Crippen molar-refractivity contribution in [1.82, 2.24) is 9.29 Å². The van der Waals surface area contributed by atoms with E-state index in [1.807, 2.05) is 0 Å². The summed E-state index contributed by atoms with van der Waals surface area (Å²) in [6, 6.07) is 0.447. The number of carboxylic acids is 1. The molecule has 2 aliphatic heterocycles. The summed E-state index contributed by atoms with van der Waals surface area (Å²) in [7, 11) is -3.90. The molecule has 2 aliphatic rings. The van der Waals surface area contributed by atoms with Crippen LogP contribution in [0.15, 0.2) is 17.2 Å². The smallest absolute Gasteiger partial charge is 0.308 e. The third-order valence-corrected chi connectivity index (χ3v) is 6.41. The van der Waals surface area contributed by atoms with Gasteiger partial charge in [0.05, 0.1) is 10.9 Å². The predicted molar refractivity (Wildman–Crippen MR) is 75.2 cm³/mol. The zero-order valence-corrected chi connectivity index (χ0v) is 12.5. The summed E-state index contributed by atoms with van der Waals surface area (Å²) in [6.07, 6.45) is 2.83. The van der Waals surface area contributed by atoms with E-state index in [2.05, 4.69) is 4.98 Å². The Morgan fingerprint density at radius 3 is 2.81 bits per heavy atom. The Balaban J connectivity index is 2.04. The SMILES string of the molecule is Nc1ncc(Cl)cc1S(=O)(=O)N1C2CCC1C(C(=O)O)C2. The van der Waals surface area contributed by atoms with Crippen LogP contribution in [-0.4, -0.2) is 40.9 Å². The van der Waals surface area contributed by atoms with Crippen molar-refractivity contribution in [2.45, 2.75) is 36.2 Å². The highest BCUT2D eigenvalue weighted by Crippen LogP contribution is 2.45. The van der Waals surface area contributed by atoms with Crippen molar-refractivity contribution >= 4 is 33.4 Å². The summed E-state index contributed by atoms with van der Waals surface area (Å²) in [5, 5.41) is 9.38. The predicted octanol–water partition coefficient (Wildman–Crippen LogP) is 0.943. The molecule has 0 saturated carbocycles. The fourth-order valence-electron chi connectivity index (χ4n) is 3.33. The van der Waals surface area contributed by atoms with E-state index >= 15 is 0 Å². The van der Waals surface area contributed by atoms with E-state index in [1.165, 1.54) is 16.6 Å². The largest absolute Gasteiger partial charge is 0.481 e. The first-order valence-electron chi connectivity index (χ1n) is 6.49. The molecule has 9 heteroatoms. The second-order valence-corrected chi connectivity index (χ2v) is 7.60. The molecule has 0 spiro atoms. The first-order valence-corrected chi connectivity index (χ1v) is 8.31. The van der Waals surface area contributed by atoms with Gasteiger partial charge in [-0.1, -0.05) is 11.6 Å². The lowest BCUT2D eigenvalue weighted by Crippen LogP contribution is -2.38. The Labute approximate surface area is 126 Å². The Kier molecular flexibility index (Phi) is 3.34. The maximum atomic E-state index is 12.8. The number of fused-ring (bicyclic) bond motifs is 2. The van der Waals surface area contributed by atoms with E-state index in [4.69, 9.17) is 17.3 Å². The standard InChI is InChI=1S/C12H14ClN3O4S/c13-6-3-10(11(14)15-5-6)21(19,20)16-7-1-2-9(16)8(4-7)12(17)18/h3,5,7-9H,1-2,4H2,(H2,14,15)(H,17,18). The molecule has 2 fully saturated rings. The van der Waals surface area contributed by atoms with Gasteiger partial charge in [0.2, 0.25) is 10.0 Å². The normalized spacial score (nSPS) is 28.9. The fourth-order valence-corrected chi connectivity index (χ4v) is 5.57. The number of nitrogens with zero attached hydrogens (tertiary/aromatic N) is 2. The molecule has 0 amide bonds. The number of nitrogens with two attached hydrogens (primary N) is 1. The topological polar surface area (TPSA) is 114 Å². The number of carbonyl (C=O) groups is 1. The van der Waals surface area contributed by atoms with Crippen molar-refractivity contribution in [3.8, 4) is 0 Å². The number of hydrogen-bond donors (Lipinski definition) is 2. The molecule has 3 rings (SSSR count). The highest BCUT2D eigenvalue weighted by molar-refractivity contribution is 7.89. The van der Waals surface area contributed by atoms with Crippen molar-refractivity contribution in [1.29, 1.82) is 0 Å². The Bertz CT molecular complexity index is 708. The molecule has 21 heavy (non-hydrogen) atoms. The fraction of sp³-hybridized carbons (Fsp3) is 0.500. The van der Waals surface area contributed by atoms with Gasteiger partial charge in [-0.3, -0.25) is 4.79 Å². The average Bonchev–Trinajstić information content (AvgIpc) is 2.99. The Hall–Kier alpha value is -1.38. The number of rotatable bonds is 3. The number of halogens is 1. The van der Waals surface area contributed by atoms with E-state index in [1.54, 1.807) is 0 Å². The number of sulfonamides is 1. The van der Waals surface area contributed by atoms with Crippen LogP contribution < -0.4 is 5.73 Å². The molecular formula is C12H14ClN3O4S. The van der Waals surface area contributed by atoms with Gasteiger partial charge in [-0.05, 0) is 25.3 Å². The van der Waals surface area contributed by atoms with E-state index in [0.29, 0.717) is 19.3 Å². The molecule has 3 heterocycles. The van der Waals surface area contributed by atoms with E-state index in [-0.39, 0.29) is 21.8 Å². The minimum atomic E-state index is -3.90. The highest BCUT2D eigenvalue weighted by atomic mass is 35.5. The van der Waals surface area contributed by atoms with Gasteiger partial charge in [0.15, 0.2) is 0 Å². The van der Waals surface area contributed by atoms with Crippen molar-refractivity contribution < 1.29 is 18.3 Å². The molecule has 3 N–H and O–H groups in total. The maximum Gasteiger partial charge on any atom is 0.308 e. The number of anilines is 1. The van der Waals surface area contributed by atoms with Crippen LogP contribution in [0.3, 0.4) is 0 Å². The van der Waals surface area contributed by atoms with Gasteiger partial charge < -0.3 is 10.8 Å². The van der Waals surface area contributed by atoms with Gasteiger partial charge in [-0.15, -0.1) is 0 Å². The zero-order chi connectivity index (χ0) is 15.4. The molecule has 2 bridgehead atoms. The molecule has 3 unspecified atom stereocenters. The van der Waals surface area contributed by atoms with Crippen molar-refractivity contribution in [2.75, 3.05) is 5.73 Å². The molecule has 1 aromatic heterocycles. The second kappa shape index (κ2) is 4.82. The quantitative estimate of drug-likeness (QED) is 0.852. The first-order chi connectivity index (χ1) is 9.82. The molecule has 0 radical (unpaired) electrons. The molecule has 3 atom stereocenters. The van der Waals surface area contributed by atoms with Crippen LogP contribution in [0.25, 0.3) is 0 Å². The Morgan fingerprint density at radius 2 is 2.19 bits per heavy atom. The van der Waals surface area contributed by atoms with E-state index in [0.717, 1.165) is 0 Å². The first kappa shape index (κ1) is 14.6. The number of aromatic nitrogens is 1. The van der Waals surface area contributed by atoms with Crippen LogP contribution in [0.1, 0.15) is 19.3 Å². The van der Waals surface area contributed by atoms with Crippen LogP contribution in [0.2, 0.25) is 5.02 Å². The number of carboxylic acid groups (broad SMARTS) is 1. The lowest BCUT2D eigenvalue weighted by atomic mass is 9.89. The van der Waals surface area contributed by atoms with Gasteiger partial charge in [0.25, 0.3) is 0 Å². The number of aliphatic carboxylic acids is 1. The van der Waals surface area contributed by atoms with Gasteiger partial charge in [-0.2, -0.15) is 4.31 Å². The van der Waals surface area contributed by atoms with Crippen molar-refractivity contribution in [2.24, 2.45) is 5.92 Å². The Morgan fingerprint density at radius 1 is 1.48 bits per heavy atom. The minimum absolute atomic E-state index is 0.127. The van der Waals surface area contributed by atoms with E-state index in [9.17, 15) is 18.3 Å². The summed E-state index contributed by atoms with van der Waals surface area (Å²) in [4.78, 5) is 14.9. The molecule has 114 valence electrons. The summed E-state index contributed by atoms with van der Waals surface area (Å²) in [5.74, 6) is -1.75. The summed E-state index contributed by atoms with van der Waals surface area (Å²) < 4.78 is 26.9. The number of hydrogen-bond acceptors (Lipinski definition) is 5. The molecule has 2 saturated heterocycles. The number of pyridine rings is 1. The van der Waals surface area contributed by atoms with Gasteiger partial charge in [-0.25, -0.2) is 13.4 Å². The summed E-state index contributed by atoms with van der Waals surface area (Å²) >= 11 is 5.80. The van der Waals surface area contributed by atoms with Crippen LogP contribution in [0, 0.1) is 5.92 Å². The zero-order valence-electron chi connectivity index (χ0n) is 10.9. The molecular weight excluding hydrogens is 318 g/mol. The summed E-state index contributed by atoms with van der Waals surface area (Å²) in [6.45, 7) is 0. The van der Waals surface area contributed by atoms with Crippen LogP contribution in [-0.2, 0) is 14.8 Å². The van der Waals surface area contributed by atoms with Crippen molar-refractivity contribution in [3.63, 3.8) is 0 Å².